The highest BCUT2D eigenvalue weighted by Gasteiger charge is 2.14. The first-order chi connectivity index (χ1) is 10.2. The lowest BCUT2D eigenvalue weighted by molar-refractivity contribution is 0.0951. The number of nitrogen functional groups attached to an aromatic ring is 1. The van der Waals surface area contributed by atoms with E-state index in [1.807, 2.05) is 30.5 Å². The van der Waals surface area contributed by atoms with Crippen LogP contribution in [0.4, 0.5) is 11.5 Å². The summed E-state index contributed by atoms with van der Waals surface area (Å²) in [4.78, 5) is 20.0. The topological polar surface area (TPSA) is 105 Å². The number of anilines is 2. The summed E-state index contributed by atoms with van der Waals surface area (Å²) in [6, 6.07) is 7.60. The molecule has 0 fully saturated rings. The Labute approximate surface area is 126 Å². The van der Waals surface area contributed by atoms with E-state index >= 15 is 0 Å². The number of carbonyl (C=O) groups is 1. The molecule has 1 amide bonds. The lowest BCUT2D eigenvalue weighted by Crippen LogP contribution is -2.20. The molecule has 0 saturated carbocycles. The first kappa shape index (κ1) is 14.8. The maximum atomic E-state index is 11.8. The molecular weight excluding hydrogens is 288 g/mol. The molecule has 0 aliphatic carbocycles. The summed E-state index contributed by atoms with van der Waals surface area (Å²) < 4.78 is 3.13. The minimum absolute atomic E-state index is 0.0168. The largest absolute Gasteiger partial charge is 0.382 e. The van der Waals surface area contributed by atoms with E-state index in [2.05, 4.69) is 31.9 Å². The van der Waals surface area contributed by atoms with E-state index in [1.54, 1.807) is 0 Å². The van der Waals surface area contributed by atoms with Gasteiger partial charge in [-0.1, -0.05) is 24.1 Å². The van der Waals surface area contributed by atoms with Crippen LogP contribution in [0.15, 0.2) is 35.6 Å². The molecule has 0 unspecified atom stereocenters. The minimum atomic E-state index is -0.546. The van der Waals surface area contributed by atoms with Gasteiger partial charge in [0.25, 0.3) is 5.91 Å². The van der Waals surface area contributed by atoms with Crippen LogP contribution in [0.25, 0.3) is 11.3 Å². The third kappa shape index (κ3) is 3.48. The highest BCUT2D eigenvalue weighted by atomic mass is 32.2. The van der Waals surface area contributed by atoms with E-state index < -0.39 is 5.91 Å². The fourth-order valence-electron chi connectivity index (χ4n) is 1.69. The van der Waals surface area contributed by atoms with Crippen molar-refractivity contribution in [2.45, 2.75) is 0 Å². The van der Waals surface area contributed by atoms with E-state index in [4.69, 9.17) is 5.73 Å². The average Bonchev–Trinajstić information content (AvgIpc) is 2.48. The number of carbonyl (C=O) groups excluding carboxylic acids is 1. The summed E-state index contributed by atoms with van der Waals surface area (Å²) in [7, 11) is 0. The summed E-state index contributed by atoms with van der Waals surface area (Å²) in [6.07, 6.45) is 3.45. The number of hydrogen-bond donors (Lipinski definition) is 3. The summed E-state index contributed by atoms with van der Waals surface area (Å²) in [5.74, 6) is -0.506. The summed E-state index contributed by atoms with van der Waals surface area (Å²) in [5, 5.41) is 3.31. The highest BCUT2D eigenvalue weighted by molar-refractivity contribution is 7.99. The molecule has 8 heteroatoms. The first-order valence-corrected chi connectivity index (χ1v) is 7.16. The Bertz CT molecular complexity index is 675. The summed E-state index contributed by atoms with van der Waals surface area (Å²) in [5.41, 5.74) is 10.2. The van der Waals surface area contributed by atoms with Gasteiger partial charge in [0.05, 0.1) is 11.9 Å². The van der Waals surface area contributed by atoms with Gasteiger partial charge in [-0.3, -0.25) is 4.79 Å². The normalized spacial score (nSPS) is 9.95. The Hall–Kier alpha value is -2.61. The Balaban J connectivity index is 2.40. The van der Waals surface area contributed by atoms with Crippen molar-refractivity contribution in [3.05, 3.63) is 36.2 Å². The Morgan fingerprint density at radius 3 is 3.00 bits per heavy atom. The lowest BCUT2D eigenvalue weighted by atomic mass is 10.1. The number of nitrogens with zero attached hydrogens (tertiary/aromatic N) is 3. The molecule has 4 N–H and O–H groups in total. The second-order valence-electron chi connectivity index (χ2n) is 3.98. The van der Waals surface area contributed by atoms with Crippen LogP contribution in [0.2, 0.25) is 0 Å². The van der Waals surface area contributed by atoms with Crippen molar-refractivity contribution in [1.82, 2.24) is 15.4 Å². The molecule has 0 radical (unpaired) electrons. The van der Waals surface area contributed by atoms with Gasteiger partial charge in [0, 0.05) is 24.2 Å². The standard InChI is InChI=1S/C13H14N6OS/c1-15-18-13(20)11-12(14)16-7-10(17-11)8-4-3-5-9(6-8)19-21-2/h3-7,19H,1H2,2H3,(H2,14,16)(H,18,20). The maximum Gasteiger partial charge on any atom is 0.293 e. The molecular formula is C13H14N6OS. The zero-order valence-corrected chi connectivity index (χ0v) is 12.1. The molecule has 21 heavy (non-hydrogen) atoms. The molecule has 1 aromatic carbocycles. The minimum Gasteiger partial charge on any atom is -0.382 e. The van der Waals surface area contributed by atoms with Crippen molar-refractivity contribution < 1.29 is 4.79 Å². The van der Waals surface area contributed by atoms with Gasteiger partial charge in [-0.2, -0.15) is 5.10 Å². The SMILES string of the molecule is C=NNC(=O)c1nc(-c2cccc(NSC)c2)cnc1N. The zero-order chi connectivity index (χ0) is 15.2. The third-order valence-corrected chi connectivity index (χ3v) is 3.01. The molecule has 7 nitrogen and oxygen atoms in total. The molecule has 0 saturated heterocycles. The van der Waals surface area contributed by atoms with Crippen molar-refractivity contribution in [3.8, 4) is 11.3 Å². The molecule has 0 bridgehead atoms. The number of nitrogens with two attached hydrogens (primary N) is 1. The zero-order valence-electron chi connectivity index (χ0n) is 11.3. The van der Waals surface area contributed by atoms with Crippen LogP contribution in [0.3, 0.4) is 0 Å². The van der Waals surface area contributed by atoms with Crippen molar-refractivity contribution >= 4 is 36.1 Å². The molecule has 2 aromatic rings. The summed E-state index contributed by atoms with van der Waals surface area (Å²) in [6.45, 7) is 3.19. The smallest absolute Gasteiger partial charge is 0.293 e. The third-order valence-electron chi connectivity index (χ3n) is 2.57. The number of amides is 1. The van der Waals surface area contributed by atoms with Gasteiger partial charge in [-0.05, 0) is 12.1 Å². The van der Waals surface area contributed by atoms with Crippen LogP contribution in [0, 0.1) is 0 Å². The number of hydrogen-bond acceptors (Lipinski definition) is 7. The average molecular weight is 302 g/mol. The van der Waals surface area contributed by atoms with Gasteiger partial charge < -0.3 is 10.5 Å². The van der Waals surface area contributed by atoms with Crippen LogP contribution in [-0.4, -0.2) is 28.8 Å². The van der Waals surface area contributed by atoms with Crippen molar-refractivity contribution in [2.24, 2.45) is 5.10 Å². The van der Waals surface area contributed by atoms with E-state index in [0.717, 1.165) is 11.3 Å². The maximum absolute atomic E-state index is 11.8. The second-order valence-corrected chi connectivity index (χ2v) is 4.59. The van der Waals surface area contributed by atoms with Gasteiger partial charge in [-0.25, -0.2) is 15.4 Å². The Morgan fingerprint density at radius 2 is 2.29 bits per heavy atom. The predicted octanol–water partition coefficient (Wildman–Crippen LogP) is 1.76. The number of aromatic nitrogens is 2. The Morgan fingerprint density at radius 1 is 1.48 bits per heavy atom. The van der Waals surface area contributed by atoms with Gasteiger partial charge in [0.15, 0.2) is 11.5 Å². The molecule has 1 aromatic heterocycles. The number of hydrazone groups is 1. The monoisotopic (exact) mass is 302 g/mol. The predicted molar refractivity (Wildman–Crippen MR) is 86.0 cm³/mol. The Kier molecular flexibility index (Phi) is 4.72. The van der Waals surface area contributed by atoms with E-state index in [0.29, 0.717) is 5.69 Å². The van der Waals surface area contributed by atoms with Gasteiger partial charge in [0.1, 0.15) is 0 Å². The molecule has 0 aliphatic rings. The fourth-order valence-corrected chi connectivity index (χ4v) is 2.05. The number of rotatable bonds is 5. The van der Waals surface area contributed by atoms with Crippen LogP contribution < -0.4 is 15.9 Å². The van der Waals surface area contributed by atoms with Crippen molar-refractivity contribution in [1.29, 1.82) is 0 Å². The highest BCUT2D eigenvalue weighted by Crippen LogP contribution is 2.22. The van der Waals surface area contributed by atoms with Crippen molar-refractivity contribution in [3.63, 3.8) is 0 Å². The molecule has 108 valence electrons. The molecule has 2 rings (SSSR count). The second kappa shape index (κ2) is 6.71. The first-order valence-electron chi connectivity index (χ1n) is 5.93. The van der Waals surface area contributed by atoms with Crippen molar-refractivity contribution in [2.75, 3.05) is 16.7 Å². The van der Waals surface area contributed by atoms with Gasteiger partial charge >= 0.3 is 0 Å². The number of benzene rings is 1. The van der Waals surface area contributed by atoms with E-state index in [1.165, 1.54) is 18.1 Å². The lowest BCUT2D eigenvalue weighted by Gasteiger charge is -2.08. The molecule has 0 aliphatic heterocycles. The van der Waals surface area contributed by atoms with Gasteiger partial charge in [0.2, 0.25) is 0 Å². The van der Waals surface area contributed by atoms with Crippen LogP contribution >= 0.6 is 11.9 Å². The van der Waals surface area contributed by atoms with Gasteiger partial charge in [-0.15, -0.1) is 0 Å². The van der Waals surface area contributed by atoms with Crippen LogP contribution in [0.1, 0.15) is 10.5 Å². The molecule has 0 spiro atoms. The van der Waals surface area contributed by atoms with Crippen LogP contribution in [-0.2, 0) is 0 Å². The van der Waals surface area contributed by atoms with E-state index in [9.17, 15) is 4.79 Å². The quantitative estimate of drug-likeness (QED) is 0.441. The van der Waals surface area contributed by atoms with Crippen LogP contribution in [0.5, 0.6) is 0 Å². The molecule has 1 heterocycles. The number of nitrogens with one attached hydrogen (secondary N) is 2. The fraction of sp³-hybridized carbons (Fsp3) is 0.0769. The van der Waals surface area contributed by atoms with E-state index in [-0.39, 0.29) is 11.5 Å². The summed E-state index contributed by atoms with van der Waals surface area (Å²) >= 11 is 1.49. The molecule has 0 atom stereocenters.